The van der Waals surface area contributed by atoms with E-state index in [0.717, 1.165) is 0 Å². The summed E-state index contributed by atoms with van der Waals surface area (Å²) < 4.78 is 4.31. The van der Waals surface area contributed by atoms with Gasteiger partial charge in [-0.15, -0.1) is 0 Å². The maximum atomic E-state index is 8.17. The van der Waals surface area contributed by atoms with Crippen LogP contribution in [0.25, 0.3) is 0 Å². The Morgan fingerprint density at radius 1 is 1.18 bits per heavy atom. The highest BCUT2D eigenvalue weighted by Gasteiger charge is 1.93. The second-order valence-electron chi connectivity index (χ2n) is 1.85. The number of aliphatic hydroxyl groups is 4. The fraction of sp³-hybridized carbons (Fsp3) is 1.00. The fourth-order valence-corrected chi connectivity index (χ4v) is 0.0577. The zero-order chi connectivity index (χ0) is 9.28. The Balaban J connectivity index is 0. The van der Waals surface area contributed by atoms with E-state index in [1.807, 2.05) is 0 Å². The van der Waals surface area contributed by atoms with E-state index in [1.165, 1.54) is 7.11 Å². The molecule has 0 bridgehead atoms. The molecule has 1 atom stereocenters. The van der Waals surface area contributed by atoms with Gasteiger partial charge in [0.15, 0.2) is 6.29 Å². The van der Waals surface area contributed by atoms with Gasteiger partial charge in [-0.25, -0.2) is 0 Å². The lowest BCUT2D eigenvalue weighted by molar-refractivity contribution is -0.0583. The highest BCUT2D eigenvalue weighted by molar-refractivity contribution is 4.43. The van der Waals surface area contributed by atoms with E-state index in [9.17, 15) is 0 Å². The lowest BCUT2D eigenvalue weighted by Crippen LogP contribution is -2.15. The summed E-state index contributed by atoms with van der Waals surface area (Å²) in [6.07, 6.45) is -1.57. The second-order valence-corrected chi connectivity index (χ2v) is 1.85. The molecule has 11 heavy (non-hydrogen) atoms. The summed E-state index contributed by atoms with van der Waals surface area (Å²) in [5.41, 5.74) is 0. The maximum absolute atomic E-state index is 8.17. The largest absolute Gasteiger partial charge is 0.394 e. The van der Waals surface area contributed by atoms with Gasteiger partial charge in [0.1, 0.15) is 6.10 Å². The fourth-order valence-electron chi connectivity index (χ4n) is 0.0577. The summed E-state index contributed by atoms with van der Waals surface area (Å²) in [5, 5.41) is 32.2. The Hall–Kier alpha value is -0.200. The van der Waals surface area contributed by atoms with Crippen molar-refractivity contribution in [3.05, 3.63) is 0 Å². The Morgan fingerprint density at radius 3 is 1.45 bits per heavy atom. The first-order valence-electron chi connectivity index (χ1n) is 3.19. The van der Waals surface area contributed by atoms with Gasteiger partial charge in [-0.3, -0.25) is 0 Å². The smallest absolute Gasteiger partial charge is 0.151 e. The number of methoxy groups -OCH3 is 1. The molecule has 1 unspecified atom stereocenters. The number of aliphatic hydroxyl groups excluding tert-OH is 4. The minimum atomic E-state index is -0.954. The van der Waals surface area contributed by atoms with Gasteiger partial charge in [0.25, 0.3) is 0 Å². The molecule has 0 heterocycles. The van der Waals surface area contributed by atoms with Crippen LogP contribution in [0.2, 0.25) is 0 Å². The quantitative estimate of drug-likeness (QED) is 0.377. The third-order valence-corrected chi connectivity index (χ3v) is 0.763. The molecular formula is C6H16O5. The summed E-state index contributed by atoms with van der Waals surface area (Å²) in [5.74, 6) is 0. The highest BCUT2D eigenvalue weighted by Crippen LogP contribution is 1.72. The molecule has 0 rings (SSSR count). The van der Waals surface area contributed by atoms with Crippen LogP contribution >= 0.6 is 0 Å². The predicted molar refractivity (Wildman–Crippen MR) is 38.9 cm³/mol. The van der Waals surface area contributed by atoms with Crippen LogP contribution in [0.1, 0.15) is 6.92 Å². The summed E-state index contributed by atoms with van der Waals surface area (Å²) in [7, 11) is 1.45. The predicted octanol–water partition coefficient (Wildman–Crippen LogP) is -1.70. The SMILES string of the molecule is COC(C)O.OCC(O)CO. The molecule has 0 radical (unpaired) electrons. The van der Waals surface area contributed by atoms with Crippen molar-refractivity contribution >= 4 is 0 Å². The third kappa shape index (κ3) is 17.7. The third-order valence-electron chi connectivity index (χ3n) is 0.763. The van der Waals surface area contributed by atoms with Crippen LogP contribution in [0, 0.1) is 0 Å². The van der Waals surface area contributed by atoms with E-state index in [1.54, 1.807) is 6.92 Å². The standard InChI is InChI=1S/C3H8O3.C3H8O2/c4-1-3(6)2-5;1-3(4)5-2/h3-6H,1-2H2;3-4H,1-2H3. The molecule has 5 heteroatoms. The van der Waals surface area contributed by atoms with Gasteiger partial charge >= 0.3 is 0 Å². The van der Waals surface area contributed by atoms with Crippen molar-refractivity contribution in [2.45, 2.75) is 19.3 Å². The van der Waals surface area contributed by atoms with Crippen molar-refractivity contribution in [2.24, 2.45) is 0 Å². The average molecular weight is 168 g/mol. The van der Waals surface area contributed by atoms with Crippen LogP contribution in [0.5, 0.6) is 0 Å². The van der Waals surface area contributed by atoms with Crippen molar-refractivity contribution in [1.29, 1.82) is 0 Å². The Morgan fingerprint density at radius 2 is 1.45 bits per heavy atom. The topological polar surface area (TPSA) is 90.2 Å². The van der Waals surface area contributed by atoms with Crippen molar-refractivity contribution < 1.29 is 25.2 Å². The van der Waals surface area contributed by atoms with Crippen LogP contribution in [0.3, 0.4) is 0 Å². The second kappa shape index (κ2) is 9.80. The molecule has 5 nitrogen and oxygen atoms in total. The Bertz CT molecular complexity index is 62.0. The minimum Gasteiger partial charge on any atom is -0.394 e. The summed E-state index contributed by atoms with van der Waals surface area (Å²) >= 11 is 0. The summed E-state index contributed by atoms with van der Waals surface area (Å²) in [6, 6.07) is 0. The van der Waals surface area contributed by atoms with E-state index < -0.39 is 12.4 Å². The van der Waals surface area contributed by atoms with Crippen molar-refractivity contribution in [2.75, 3.05) is 20.3 Å². The van der Waals surface area contributed by atoms with E-state index in [2.05, 4.69) is 4.74 Å². The number of hydrogen-bond acceptors (Lipinski definition) is 5. The molecule has 0 fully saturated rings. The molecule has 0 saturated carbocycles. The first-order valence-corrected chi connectivity index (χ1v) is 3.19. The van der Waals surface area contributed by atoms with Crippen molar-refractivity contribution in [3.63, 3.8) is 0 Å². The number of hydrogen-bond donors (Lipinski definition) is 4. The molecule has 0 aliphatic heterocycles. The van der Waals surface area contributed by atoms with Crippen LogP contribution in [0.4, 0.5) is 0 Å². The molecule has 0 amide bonds. The summed E-state index contributed by atoms with van der Waals surface area (Å²) in [6.45, 7) is 0.826. The minimum absolute atomic E-state index is 0.365. The van der Waals surface area contributed by atoms with E-state index >= 15 is 0 Å². The van der Waals surface area contributed by atoms with Crippen LogP contribution < -0.4 is 0 Å². The number of rotatable bonds is 3. The molecule has 0 aromatic heterocycles. The monoisotopic (exact) mass is 168 g/mol. The molecule has 0 aromatic rings. The first-order chi connectivity index (χ1) is 5.08. The van der Waals surface area contributed by atoms with Crippen molar-refractivity contribution in [1.82, 2.24) is 0 Å². The van der Waals surface area contributed by atoms with Crippen LogP contribution in [-0.4, -0.2) is 53.1 Å². The lowest BCUT2D eigenvalue weighted by Gasteiger charge is -1.96. The molecule has 0 aromatic carbocycles. The zero-order valence-corrected chi connectivity index (χ0v) is 6.77. The normalized spacial score (nSPS) is 12.3. The van der Waals surface area contributed by atoms with E-state index in [-0.39, 0.29) is 13.2 Å². The lowest BCUT2D eigenvalue weighted by atomic mass is 10.4. The van der Waals surface area contributed by atoms with Gasteiger partial charge in [0.05, 0.1) is 13.2 Å². The van der Waals surface area contributed by atoms with Crippen molar-refractivity contribution in [3.8, 4) is 0 Å². The molecule has 70 valence electrons. The number of ether oxygens (including phenoxy) is 1. The molecule has 4 N–H and O–H groups in total. The van der Waals surface area contributed by atoms with Gasteiger partial charge in [0.2, 0.25) is 0 Å². The molecular weight excluding hydrogens is 152 g/mol. The molecule has 0 aliphatic carbocycles. The van der Waals surface area contributed by atoms with Gasteiger partial charge in [-0.1, -0.05) is 0 Å². The Kier molecular flexibility index (Phi) is 11.9. The molecule has 0 saturated heterocycles. The van der Waals surface area contributed by atoms with Gasteiger partial charge in [-0.05, 0) is 6.92 Å². The summed E-state index contributed by atoms with van der Waals surface area (Å²) in [4.78, 5) is 0. The average Bonchev–Trinajstić information content (AvgIpc) is 2.04. The Labute approximate surface area is 65.9 Å². The van der Waals surface area contributed by atoms with E-state index in [4.69, 9.17) is 20.4 Å². The van der Waals surface area contributed by atoms with E-state index in [0.29, 0.717) is 0 Å². The van der Waals surface area contributed by atoms with Gasteiger partial charge in [-0.2, -0.15) is 0 Å². The molecule has 0 aliphatic rings. The zero-order valence-electron chi connectivity index (χ0n) is 6.77. The first kappa shape index (κ1) is 13.4. The van der Waals surface area contributed by atoms with Gasteiger partial charge < -0.3 is 25.2 Å². The van der Waals surface area contributed by atoms with Crippen LogP contribution in [-0.2, 0) is 4.74 Å². The van der Waals surface area contributed by atoms with Gasteiger partial charge in [0, 0.05) is 7.11 Å². The van der Waals surface area contributed by atoms with Crippen LogP contribution in [0.15, 0.2) is 0 Å². The maximum Gasteiger partial charge on any atom is 0.151 e. The highest BCUT2D eigenvalue weighted by atomic mass is 16.6. The molecule has 0 spiro atoms.